The van der Waals surface area contributed by atoms with Crippen molar-refractivity contribution in [2.45, 2.75) is 20.8 Å². The topological polar surface area (TPSA) is 75.7 Å². The average molecular weight is 374 g/mol. The molecule has 0 aliphatic heterocycles. The summed E-state index contributed by atoms with van der Waals surface area (Å²) in [4.78, 5) is 11.2. The number of benzene rings is 2. The molecule has 6 nitrogen and oxygen atoms in total. The highest BCUT2D eigenvalue weighted by atomic mass is 16.5. The zero-order valence-electron chi connectivity index (χ0n) is 16.2. The predicted octanol–water partition coefficient (Wildman–Crippen LogP) is 7.11. The Kier molecular flexibility index (Phi) is 7.72. The molecule has 0 bridgehead atoms. The molecule has 142 valence electrons. The van der Waals surface area contributed by atoms with Crippen molar-refractivity contribution in [3.63, 3.8) is 0 Å². The van der Waals surface area contributed by atoms with Gasteiger partial charge in [-0.3, -0.25) is 0 Å². The molecule has 0 radical (unpaired) electrons. The quantitative estimate of drug-likeness (QED) is 0.170. The lowest BCUT2D eigenvalue weighted by molar-refractivity contribution is -0.133. The fourth-order valence-electron chi connectivity index (χ4n) is 2.05. The maximum Gasteiger partial charge on any atom is 0.335 e. The molecule has 0 atom stereocenters. The number of carbonyl (C=O) groups excluding carboxylic acids is 1. The Morgan fingerprint density at radius 1 is 0.857 bits per heavy atom. The largest absolute Gasteiger partial charge is 0.428 e. The van der Waals surface area contributed by atoms with Crippen LogP contribution >= 0.6 is 0 Å². The van der Waals surface area contributed by atoms with Crippen LogP contribution in [0.1, 0.15) is 20.8 Å². The van der Waals surface area contributed by atoms with Gasteiger partial charge < -0.3 is 4.74 Å². The average Bonchev–Trinajstić information content (AvgIpc) is 2.72. The minimum absolute atomic E-state index is 0.492. The second-order valence-electron chi connectivity index (χ2n) is 5.90. The van der Waals surface area contributed by atoms with Gasteiger partial charge in [0.2, 0.25) is 0 Å². The molecule has 0 aliphatic carbocycles. The van der Waals surface area contributed by atoms with E-state index in [9.17, 15) is 4.79 Å². The zero-order chi connectivity index (χ0) is 20.4. The Morgan fingerprint density at radius 3 is 1.96 bits per heavy atom. The molecule has 0 N–H and O–H groups in total. The standard InChI is InChI=1S/C22H22N4O2/c1-5-22(27)28-18(4)16(2)15-17(3)23-24-20-11-13-21(14-12-20)26-25-19-9-7-6-8-10-19/h5-15H,1H2,2-4H3/b17-15+,18-16+,24-23?,26-25?. The van der Waals surface area contributed by atoms with E-state index in [2.05, 4.69) is 27.0 Å². The number of nitrogens with zero attached hydrogens (tertiary/aromatic N) is 4. The van der Waals surface area contributed by atoms with Crippen LogP contribution in [0.4, 0.5) is 17.1 Å². The molecule has 0 aliphatic rings. The fraction of sp³-hybridized carbons (Fsp3) is 0.136. The Balaban J connectivity index is 2.01. The summed E-state index contributed by atoms with van der Waals surface area (Å²) in [6, 6.07) is 16.8. The Hall–Kier alpha value is -3.67. The molecule has 0 unspecified atom stereocenters. The molecule has 0 aromatic heterocycles. The first kappa shape index (κ1) is 20.6. The lowest BCUT2D eigenvalue weighted by atomic mass is 10.2. The van der Waals surface area contributed by atoms with Crippen molar-refractivity contribution in [2.75, 3.05) is 0 Å². The second-order valence-corrected chi connectivity index (χ2v) is 5.90. The van der Waals surface area contributed by atoms with Crippen LogP contribution in [0.3, 0.4) is 0 Å². The van der Waals surface area contributed by atoms with Crippen LogP contribution in [-0.4, -0.2) is 5.97 Å². The highest BCUT2D eigenvalue weighted by Gasteiger charge is 2.01. The van der Waals surface area contributed by atoms with Gasteiger partial charge in [0.25, 0.3) is 0 Å². The van der Waals surface area contributed by atoms with E-state index in [1.165, 1.54) is 0 Å². The first-order chi connectivity index (χ1) is 13.5. The fourth-order valence-corrected chi connectivity index (χ4v) is 2.05. The third-order valence-corrected chi connectivity index (χ3v) is 3.61. The molecular weight excluding hydrogens is 352 g/mol. The molecule has 6 heteroatoms. The molecule has 0 spiro atoms. The van der Waals surface area contributed by atoms with E-state index in [1.54, 1.807) is 13.0 Å². The van der Waals surface area contributed by atoms with Gasteiger partial charge in [-0.15, -0.1) is 0 Å². The number of esters is 1. The summed E-state index contributed by atoms with van der Waals surface area (Å²) in [5, 5.41) is 16.7. The van der Waals surface area contributed by atoms with E-state index in [1.807, 2.05) is 68.4 Å². The molecule has 28 heavy (non-hydrogen) atoms. The number of rotatable bonds is 7. The van der Waals surface area contributed by atoms with Crippen molar-refractivity contribution in [1.82, 2.24) is 0 Å². The van der Waals surface area contributed by atoms with Gasteiger partial charge in [-0.2, -0.15) is 20.5 Å². The van der Waals surface area contributed by atoms with E-state index in [0.717, 1.165) is 23.0 Å². The summed E-state index contributed by atoms with van der Waals surface area (Å²) in [6.07, 6.45) is 2.91. The number of hydrogen-bond donors (Lipinski definition) is 0. The van der Waals surface area contributed by atoms with Gasteiger partial charge >= 0.3 is 5.97 Å². The summed E-state index contributed by atoms with van der Waals surface area (Å²) < 4.78 is 5.08. The van der Waals surface area contributed by atoms with Gasteiger partial charge in [0.1, 0.15) is 5.76 Å². The summed E-state index contributed by atoms with van der Waals surface area (Å²) in [6.45, 7) is 8.73. The number of azo groups is 2. The third kappa shape index (κ3) is 6.92. The third-order valence-electron chi connectivity index (χ3n) is 3.61. The highest BCUT2D eigenvalue weighted by Crippen LogP contribution is 2.22. The maximum absolute atomic E-state index is 11.2. The van der Waals surface area contributed by atoms with Gasteiger partial charge in [0.15, 0.2) is 0 Å². The Bertz CT molecular complexity index is 940. The summed E-state index contributed by atoms with van der Waals surface area (Å²) in [5.41, 5.74) is 3.68. The van der Waals surface area contributed by atoms with E-state index >= 15 is 0 Å². The van der Waals surface area contributed by atoms with Crippen LogP contribution in [0, 0.1) is 0 Å². The van der Waals surface area contributed by atoms with Crippen LogP contribution in [0.25, 0.3) is 0 Å². The SMILES string of the molecule is C=CC(=O)O/C(C)=C(C)/C=C(\C)N=Nc1ccc(N=Nc2ccccc2)cc1. The summed E-state index contributed by atoms with van der Waals surface area (Å²) >= 11 is 0. The van der Waals surface area contributed by atoms with Gasteiger partial charge in [-0.05, 0) is 68.8 Å². The van der Waals surface area contributed by atoms with Gasteiger partial charge in [0, 0.05) is 6.08 Å². The Morgan fingerprint density at radius 2 is 1.39 bits per heavy atom. The first-order valence-corrected chi connectivity index (χ1v) is 8.66. The molecule has 2 rings (SSSR count). The van der Waals surface area contributed by atoms with Crippen molar-refractivity contribution in [1.29, 1.82) is 0 Å². The normalized spacial score (nSPS) is 12.9. The lowest BCUT2D eigenvalue weighted by Gasteiger charge is -2.03. The minimum atomic E-state index is -0.492. The number of ether oxygens (including phenoxy) is 1. The molecule has 0 saturated heterocycles. The summed E-state index contributed by atoms with van der Waals surface area (Å²) in [7, 11) is 0. The number of allylic oxidation sites excluding steroid dienone is 4. The Labute approximate surface area is 164 Å². The predicted molar refractivity (Wildman–Crippen MR) is 110 cm³/mol. The first-order valence-electron chi connectivity index (χ1n) is 8.66. The second kappa shape index (κ2) is 10.5. The van der Waals surface area contributed by atoms with Gasteiger partial charge in [-0.1, -0.05) is 24.8 Å². The monoisotopic (exact) mass is 374 g/mol. The van der Waals surface area contributed by atoms with E-state index < -0.39 is 5.97 Å². The zero-order valence-corrected chi connectivity index (χ0v) is 16.2. The van der Waals surface area contributed by atoms with Crippen molar-refractivity contribution in [3.05, 3.63) is 90.4 Å². The molecule has 0 heterocycles. The van der Waals surface area contributed by atoms with Crippen LogP contribution in [-0.2, 0) is 9.53 Å². The van der Waals surface area contributed by atoms with E-state index in [4.69, 9.17) is 4.74 Å². The van der Waals surface area contributed by atoms with Crippen molar-refractivity contribution in [2.24, 2.45) is 20.5 Å². The summed E-state index contributed by atoms with van der Waals surface area (Å²) in [5.74, 6) is 0.00149. The highest BCUT2D eigenvalue weighted by molar-refractivity contribution is 5.82. The van der Waals surface area contributed by atoms with Crippen LogP contribution in [0.5, 0.6) is 0 Å². The number of carbonyl (C=O) groups is 1. The van der Waals surface area contributed by atoms with Crippen molar-refractivity contribution >= 4 is 23.0 Å². The molecule has 0 amide bonds. The number of hydrogen-bond acceptors (Lipinski definition) is 6. The van der Waals surface area contributed by atoms with Gasteiger partial charge in [-0.25, -0.2) is 4.79 Å². The van der Waals surface area contributed by atoms with Crippen molar-refractivity contribution < 1.29 is 9.53 Å². The molecule has 2 aromatic carbocycles. The molecule has 0 fully saturated rings. The van der Waals surface area contributed by atoms with Crippen LogP contribution < -0.4 is 0 Å². The lowest BCUT2D eigenvalue weighted by Crippen LogP contribution is -1.99. The smallest absolute Gasteiger partial charge is 0.335 e. The van der Waals surface area contributed by atoms with Gasteiger partial charge in [0.05, 0.1) is 22.8 Å². The minimum Gasteiger partial charge on any atom is -0.428 e. The molecule has 0 saturated carbocycles. The van der Waals surface area contributed by atoms with E-state index in [-0.39, 0.29) is 0 Å². The van der Waals surface area contributed by atoms with E-state index in [0.29, 0.717) is 17.1 Å². The van der Waals surface area contributed by atoms with Crippen LogP contribution in [0.15, 0.2) is 111 Å². The van der Waals surface area contributed by atoms with Crippen LogP contribution in [0.2, 0.25) is 0 Å². The van der Waals surface area contributed by atoms with Crippen molar-refractivity contribution in [3.8, 4) is 0 Å². The molecule has 2 aromatic rings. The molecular formula is C22H22N4O2. The maximum atomic E-state index is 11.2.